The molecule has 1 N–H and O–H groups in total. The molecule has 1 heterocycles. The van der Waals surface area contributed by atoms with Crippen molar-refractivity contribution in [1.29, 1.82) is 0 Å². The molecule has 0 bridgehead atoms. The quantitative estimate of drug-likeness (QED) is 0.433. The fourth-order valence-corrected chi connectivity index (χ4v) is 2.70. The van der Waals surface area contributed by atoms with Gasteiger partial charge >= 0.3 is 0 Å². The molecule has 0 aliphatic heterocycles. The van der Waals surface area contributed by atoms with Gasteiger partial charge in [0.1, 0.15) is 5.82 Å². The van der Waals surface area contributed by atoms with E-state index in [-0.39, 0.29) is 11.6 Å². The average molecular weight is 351 g/mol. The summed E-state index contributed by atoms with van der Waals surface area (Å²) in [5.41, 5.74) is 5.29. The first-order valence-electron chi connectivity index (χ1n) is 8.04. The number of nitro benzene ring substituents is 1. The summed E-state index contributed by atoms with van der Waals surface area (Å²) in [6.45, 7) is 4.78. The summed E-state index contributed by atoms with van der Waals surface area (Å²) in [5, 5.41) is 14.5. The predicted octanol–water partition coefficient (Wildman–Crippen LogP) is 3.04. The summed E-state index contributed by atoms with van der Waals surface area (Å²) in [4.78, 5) is 26.8. The number of aromatic nitrogens is 2. The number of benzene rings is 2. The molecule has 3 rings (SSSR count). The van der Waals surface area contributed by atoms with Crippen LogP contribution in [0, 0.1) is 17.0 Å². The Labute approximate surface area is 149 Å². The number of amides is 1. The minimum Gasteiger partial charge on any atom is -0.329 e. The number of rotatable bonds is 5. The summed E-state index contributed by atoms with van der Waals surface area (Å²) >= 11 is 0. The number of carbonyl (C=O) groups is 1. The smallest absolute Gasteiger partial charge is 0.271 e. The van der Waals surface area contributed by atoms with Gasteiger partial charge in [0.05, 0.1) is 22.2 Å². The molecule has 132 valence electrons. The Bertz CT molecular complexity index is 1010. The maximum Gasteiger partial charge on any atom is 0.271 e. The number of nitrogens with one attached hydrogen (secondary N) is 1. The Balaban J connectivity index is 1.71. The van der Waals surface area contributed by atoms with Gasteiger partial charge in [0.15, 0.2) is 0 Å². The average Bonchev–Trinajstić information content (AvgIpc) is 2.96. The number of fused-ring (bicyclic) bond motifs is 1. The van der Waals surface area contributed by atoms with Gasteiger partial charge in [-0.3, -0.25) is 14.9 Å². The van der Waals surface area contributed by atoms with Crippen molar-refractivity contribution in [2.45, 2.75) is 20.4 Å². The predicted molar refractivity (Wildman–Crippen MR) is 98.3 cm³/mol. The lowest BCUT2D eigenvalue weighted by molar-refractivity contribution is -0.384. The van der Waals surface area contributed by atoms with Crippen molar-refractivity contribution < 1.29 is 9.72 Å². The van der Waals surface area contributed by atoms with Gasteiger partial charge < -0.3 is 4.57 Å². The molecular weight excluding hydrogens is 334 g/mol. The Hall–Kier alpha value is -3.55. The van der Waals surface area contributed by atoms with E-state index < -0.39 is 4.92 Å². The number of carbonyl (C=O) groups excluding carboxylic acids is 1. The van der Waals surface area contributed by atoms with E-state index in [1.54, 1.807) is 24.3 Å². The molecule has 3 aromatic rings. The first-order chi connectivity index (χ1) is 12.5. The third kappa shape index (κ3) is 3.44. The zero-order valence-electron chi connectivity index (χ0n) is 14.3. The van der Waals surface area contributed by atoms with Crippen LogP contribution in [0.2, 0.25) is 0 Å². The number of hydrazone groups is 1. The Morgan fingerprint density at radius 2 is 2.04 bits per heavy atom. The standard InChI is InChI=1S/C18H17N5O3/c1-3-22-12(2)20-16-10-14(6-9-17(16)22)18(24)21-19-11-13-4-7-15(8-5-13)23(25)26/h4-11H,3H2,1-2H3,(H,21,24)/b19-11-. The highest BCUT2D eigenvalue weighted by molar-refractivity contribution is 5.97. The summed E-state index contributed by atoms with van der Waals surface area (Å²) in [5.74, 6) is 0.546. The number of nitro groups is 1. The van der Waals surface area contributed by atoms with E-state index >= 15 is 0 Å². The number of imidazole rings is 1. The minimum absolute atomic E-state index is 0.00120. The van der Waals surface area contributed by atoms with E-state index in [0.29, 0.717) is 11.1 Å². The highest BCUT2D eigenvalue weighted by atomic mass is 16.6. The van der Waals surface area contributed by atoms with Gasteiger partial charge in [0, 0.05) is 24.2 Å². The van der Waals surface area contributed by atoms with Crippen LogP contribution in [0.5, 0.6) is 0 Å². The summed E-state index contributed by atoms with van der Waals surface area (Å²) in [6, 6.07) is 11.2. The summed E-state index contributed by atoms with van der Waals surface area (Å²) in [7, 11) is 0. The molecule has 1 aromatic heterocycles. The molecule has 0 fully saturated rings. The molecule has 8 heteroatoms. The molecule has 0 unspecified atom stereocenters. The number of non-ortho nitro benzene ring substituents is 1. The van der Waals surface area contributed by atoms with Gasteiger partial charge in [-0.2, -0.15) is 5.10 Å². The van der Waals surface area contributed by atoms with Crippen molar-refractivity contribution >= 4 is 28.8 Å². The first kappa shape index (κ1) is 17.3. The number of aryl methyl sites for hydroxylation is 2. The molecule has 0 saturated carbocycles. The zero-order valence-corrected chi connectivity index (χ0v) is 14.3. The zero-order chi connectivity index (χ0) is 18.7. The van der Waals surface area contributed by atoms with Crippen LogP contribution in [-0.4, -0.2) is 26.6 Å². The van der Waals surface area contributed by atoms with Gasteiger partial charge in [-0.1, -0.05) is 0 Å². The van der Waals surface area contributed by atoms with E-state index in [2.05, 4.69) is 20.1 Å². The fraction of sp³-hybridized carbons (Fsp3) is 0.167. The maximum absolute atomic E-state index is 12.2. The number of nitrogens with zero attached hydrogens (tertiary/aromatic N) is 4. The second-order valence-corrected chi connectivity index (χ2v) is 5.65. The normalized spacial score (nSPS) is 11.2. The fourth-order valence-electron chi connectivity index (χ4n) is 2.70. The monoisotopic (exact) mass is 351 g/mol. The second-order valence-electron chi connectivity index (χ2n) is 5.65. The topological polar surface area (TPSA) is 102 Å². The lowest BCUT2D eigenvalue weighted by Gasteiger charge is -2.03. The molecular formula is C18H17N5O3. The number of hydrogen-bond donors (Lipinski definition) is 1. The minimum atomic E-state index is -0.472. The molecule has 1 amide bonds. The maximum atomic E-state index is 12.2. The van der Waals surface area contributed by atoms with Crippen LogP contribution in [0.1, 0.15) is 28.7 Å². The number of hydrogen-bond acceptors (Lipinski definition) is 5. The summed E-state index contributed by atoms with van der Waals surface area (Å²) in [6.07, 6.45) is 1.43. The van der Waals surface area contributed by atoms with Crippen LogP contribution in [0.3, 0.4) is 0 Å². The molecule has 2 aromatic carbocycles. The summed E-state index contributed by atoms with van der Waals surface area (Å²) < 4.78 is 2.07. The molecule has 0 spiro atoms. The van der Waals surface area contributed by atoms with Gasteiger partial charge in [-0.25, -0.2) is 10.4 Å². The third-order valence-electron chi connectivity index (χ3n) is 4.00. The molecule has 0 aliphatic carbocycles. The third-order valence-corrected chi connectivity index (χ3v) is 4.00. The van der Waals surface area contributed by atoms with Crippen molar-refractivity contribution in [1.82, 2.24) is 15.0 Å². The van der Waals surface area contributed by atoms with E-state index in [1.165, 1.54) is 18.3 Å². The lowest BCUT2D eigenvalue weighted by Crippen LogP contribution is -2.17. The van der Waals surface area contributed by atoms with Crippen LogP contribution in [0.4, 0.5) is 5.69 Å². The van der Waals surface area contributed by atoms with Crippen LogP contribution in [0.25, 0.3) is 11.0 Å². The van der Waals surface area contributed by atoms with Gasteiger partial charge in [-0.15, -0.1) is 0 Å². The van der Waals surface area contributed by atoms with Crippen molar-refractivity contribution in [3.8, 4) is 0 Å². The molecule has 0 radical (unpaired) electrons. The van der Waals surface area contributed by atoms with Gasteiger partial charge in [0.25, 0.3) is 11.6 Å². The van der Waals surface area contributed by atoms with E-state index in [0.717, 1.165) is 23.4 Å². The molecule has 8 nitrogen and oxygen atoms in total. The van der Waals surface area contributed by atoms with Gasteiger partial charge in [-0.05, 0) is 49.7 Å². The lowest BCUT2D eigenvalue weighted by atomic mass is 10.2. The van der Waals surface area contributed by atoms with Gasteiger partial charge in [0.2, 0.25) is 0 Å². The van der Waals surface area contributed by atoms with E-state index in [4.69, 9.17) is 0 Å². The van der Waals surface area contributed by atoms with Crippen LogP contribution < -0.4 is 5.43 Å². The Morgan fingerprint density at radius 1 is 1.31 bits per heavy atom. The van der Waals surface area contributed by atoms with Crippen molar-refractivity contribution in [2.24, 2.45) is 5.10 Å². The molecule has 0 saturated heterocycles. The van der Waals surface area contributed by atoms with E-state index in [1.807, 2.05) is 19.9 Å². The second kappa shape index (κ2) is 7.14. The Morgan fingerprint density at radius 3 is 2.69 bits per heavy atom. The molecule has 26 heavy (non-hydrogen) atoms. The highest BCUT2D eigenvalue weighted by Crippen LogP contribution is 2.17. The van der Waals surface area contributed by atoms with E-state index in [9.17, 15) is 14.9 Å². The van der Waals surface area contributed by atoms with Crippen molar-refractivity contribution in [2.75, 3.05) is 0 Å². The molecule has 0 aliphatic rings. The largest absolute Gasteiger partial charge is 0.329 e. The van der Waals surface area contributed by atoms with Crippen LogP contribution >= 0.6 is 0 Å². The van der Waals surface area contributed by atoms with Crippen LogP contribution in [-0.2, 0) is 6.54 Å². The van der Waals surface area contributed by atoms with Crippen molar-refractivity contribution in [3.05, 3.63) is 69.5 Å². The highest BCUT2D eigenvalue weighted by Gasteiger charge is 2.10. The van der Waals surface area contributed by atoms with Crippen LogP contribution in [0.15, 0.2) is 47.6 Å². The Kier molecular flexibility index (Phi) is 4.74. The van der Waals surface area contributed by atoms with Crippen molar-refractivity contribution in [3.63, 3.8) is 0 Å². The molecule has 0 atom stereocenters. The SMILES string of the molecule is CCn1c(C)nc2cc(C(=O)N/N=C\c3ccc([N+](=O)[O-])cc3)ccc21. The first-order valence-corrected chi connectivity index (χ1v) is 8.04.